The van der Waals surface area contributed by atoms with Crippen LogP contribution in [0.5, 0.6) is 5.75 Å². The Balaban J connectivity index is 1.90. The molecule has 1 aromatic heterocycles. The lowest BCUT2D eigenvalue weighted by molar-refractivity contribution is 0.475. The van der Waals surface area contributed by atoms with E-state index in [2.05, 4.69) is 4.98 Å². The van der Waals surface area contributed by atoms with E-state index in [0.29, 0.717) is 5.75 Å². The molecule has 1 heterocycles. The summed E-state index contributed by atoms with van der Waals surface area (Å²) in [6, 6.07) is 15.2. The molecule has 0 spiro atoms. The van der Waals surface area contributed by atoms with E-state index in [0.717, 1.165) is 32.1 Å². The second kappa shape index (κ2) is 5.96. The summed E-state index contributed by atoms with van der Waals surface area (Å²) in [6.07, 6.45) is 0. The molecule has 0 atom stereocenters. The van der Waals surface area contributed by atoms with Crippen molar-refractivity contribution in [3.05, 3.63) is 64.8 Å². The number of nitrogens with zero attached hydrogens (tertiary/aromatic N) is 1. The highest BCUT2D eigenvalue weighted by atomic mass is 35.5. The molecule has 0 radical (unpaired) electrons. The average molecular weight is 316 g/mol. The fourth-order valence-electron chi connectivity index (χ4n) is 2.21. The van der Waals surface area contributed by atoms with Crippen molar-refractivity contribution in [1.82, 2.24) is 4.98 Å². The van der Waals surface area contributed by atoms with Crippen molar-refractivity contribution >= 4 is 34.3 Å². The fraction of sp³-hybridized carbons (Fsp3) is 0.118. The lowest BCUT2D eigenvalue weighted by Gasteiger charge is -2.10. The van der Waals surface area contributed by atoms with Crippen LogP contribution in [0.1, 0.15) is 11.3 Å². The molecule has 0 unspecified atom stereocenters. The third-order valence-corrected chi connectivity index (χ3v) is 4.88. The lowest BCUT2D eigenvalue weighted by atomic mass is 10.1. The Labute approximate surface area is 132 Å². The normalized spacial score (nSPS) is 11.0. The summed E-state index contributed by atoms with van der Waals surface area (Å²) < 4.78 is 0. The number of hydrogen-bond donors (Lipinski definition) is 1. The molecule has 2 aromatic carbocycles. The smallest absolute Gasteiger partial charge is 0.115 e. The molecule has 0 saturated heterocycles. The van der Waals surface area contributed by atoms with E-state index >= 15 is 0 Å². The Morgan fingerprint density at radius 3 is 2.57 bits per heavy atom. The second-order valence-corrected chi connectivity index (χ2v) is 6.22. The van der Waals surface area contributed by atoms with E-state index in [9.17, 15) is 5.11 Å². The first kappa shape index (κ1) is 14.2. The van der Waals surface area contributed by atoms with Gasteiger partial charge in [-0.05, 0) is 42.8 Å². The number of pyridine rings is 1. The summed E-state index contributed by atoms with van der Waals surface area (Å²) in [4.78, 5) is 5.75. The summed E-state index contributed by atoms with van der Waals surface area (Å²) in [5, 5.41) is 11.1. The molecule has 3 aromatic rings. The minimum atomic E-state index is 0.275. The number of aromatic hydroxyl groups is 1. The van der Waals surface area contributed by atoms with Gasteiger partial charge in [0.05, 0.1) is 16.2 Å². The Morgan fingerprint density at radius 1 is 1.10 bits per heavy atom. The Hall–Kier alpha value is -1.71. The molecule has 1 N–H and O–H groups in total. The van der Waals surface area contributed by atoms with Crippen molar-refractivity contribution in [2.45, 2.75) is 17.6 Å². The van der Waals surface area contributed by atoms with Crippen LogP contribution in [0.2, 0.25) is 5.02 Å². The maximum absolute atomic E-state index is 9.30. The van der Waals surface area contributed by atoms with E-state index in [-0.39, 0.29) is 5.75 Å². The minimum Gasteiger partial charge on any atom is -0.508 e. The van der Waals surface area contributed by atoms with Gasteiger partial charge in [0.25, 0.3) is 0 Å². The number of thioether (sulfide) groups is 1. The van der Waals surface area contributed by atoms with Crippen molar-refractivity contribution in [2.75, 3.05) is 0 Å². The molecule has 0 fully saturated rings. The monoisotopic (exact) mass is 315 g/mol. The Bertz CT molecular complexity index is 787. The Kier molecular flexibility index (Phi) is 4.04. The Morgan fingerprint density at radius 2 is 1.81 bits per heavy atom. The summed E-state index contributed by atoms with van der Waals surface area (Å²) >= 11 is 8.10. The van der Waals surface area contributed by atoms with Gasteiger partial charge in [-0.3, -0.25) is 4.98 Å². The number of aromatic nitrogens is 1. The van der Waals surface area contributed by atoms with Gasteiger partial charge in [0.2, 0.25) is 0 Å². The van der Waals surface area contributed by atoms with E-state index in [4.69, 9.17) is 11.6 Å². The molecule has 0 aliphatic carbocycles. The molecule has 0 bridgehead atoms. The standard InChI is InChI=1S/C17H14ClNOS/c1-11-14-4-2-3-5-15(14)19-16(17(11)18)10-21-13-8-6-12(20)7-9-13/h2-9,20H,10H2,1H3. The van der Waals surface area contributed by atoms with Crippen molar-refractivity contribution < 1.29 is 5.11 Å². The summed E-state index contributed by atoms with van der Waals surface area (Å²) in [6.45, 7) is 2.03. The number of phenolic OH excluding ortho intramolecular Hbond substituents is 1. The van der Waals surface area contributed by atoms with Gasteiger partial charge in [-0.25, -0.2) is 0 Å². The number of phenols is 1. The summed E-state index contributed by atoms with van der Waals surface area (Å²) in [5.74, 6) is 0.979. The van der Waals surface area contributed by atoms with Gasteiger partial charge in [-0.15, -0.1) is 11.8 Å². The molecule has 0 saturated carbocycles. The van der Waals surface area contributed by atoms with E-state index in [1.165, 1.54) is 0 Å². The minimum absolute atomic E-state index is 0.275. The fourth-order valence-corrected chi connectivity index (χ4v) is 3.34. The number of para-hydroxylation sites is 1. The van der Waals surface area contributed by atoms with Gasteiger partial charge in [0.15, 0.2) is 0 Å². The zero-order chi connectivity index (χ0) is 14.8. The number of aryl methyl sites for hydroxylation is 1. The van der Waals surface area contributed by atoms with Crippen LogP contribution in [-0.4, -0.2) is 10.1 Å². The van der Waals surface area contributed by atoms with Crippen molar-refractivity contribution in [3.63, 3.8) is 0 Å². The zero-order valence-electron chi connectivity index (χ0n) is 11.5. The van der Waals surface area contributed by atoms with Gasteiger partial charge >= 0.3 is 0 Å². The quantitative estimate of drug-likeness (QED) is 0.675. The van der Waals surface area contributed by atoms with Crippen molar-refractivity contribution in [2.24, 2.45) is 0 Å². The van der Waals surface area contributed by atoms with Gasteiger partial charge in [-0.2, -0.15) is 0 Å². The maximum atomic E-state index is 9.30. The molecule has 2 nitrogen and oxygen atoms in total. The molecule has 4 heteroatoms. The molecule has 0 amide bonds. The first-order valence-electron chi connectivity index (χ1n) is 6.60. The zero-order valence-corrected chi connectivity index (χ0v) is 13.1. The third-order valence-electron chi connectivity index (χ3n) is 3.36. The summed E-state index contributed by atoms with van der Waals surface area (Å²) in [5.41, 5.74) is 2.94. The van der Waals surface area contributed by atoms with Crippen LogP contribution >= 0.6 is 23.4 Å². The lowest BCUT2D eigenvalue weighted by Crippen LogP contribution is -1.94. The molecular formula is C17H14ClNOS. The average Bonchev–Trinajstić information content (AvgIpc) is 2.51. The predicted molar refractivity (Wildman–Crippen MR) is 89.2 cm³/mol. The highest BCUT2D eigenvalue weighted by molar-refractivity contribution is 7.98. The SMILES string of the molecule is Cc1c(Cl)c(CSc2ccc(O)cc2)nc2ccccc12. The molecule has 3 rings (SSSR count). The van der Waals surface area contributed by atoms with Gasteiger partial charge in [0, 0.05) is 16.0 Å². The largest absolute Gasteiger partial charge is 0.508 e. The number of fused-ring (bicyclic) bond motifs is 1. The summed E-state index contributed by atoms with van der Waals surface area (Å²) in [7, 11) is 0. The first-order chi connectivity index (χ1) is 10.1. The van der Waals surface area contributed by atoms with Crippen LogP contribution < -0.4 is 0 Å². The number of hydrogen-bond acceptors (Lipinski definition) is 3. The topological polar surface area (TPSA) is 33.1 Å². The van der Waals surface area contributed by atoms with Crippen LogP contribution in [0.15, 0.2) is 53.4 Å². The van der Waals surface area contributed by atoms with Gasteiger partial charge in [-0.1, -0.05) is 29.8 Å². The van der Waals surface area contributed by atoms with E-state index in [1.54, 1.807) is 23.9 Å². The molecule has 0 aliphatic heterocycles. The van der Waals surface area contributed by atoms with Crippen molar-refractivity contribution in [3.8, 4) is 5.75 Å². The van der Waals surface area contributed by atoms with E-state index in [1.807, 2.05) is 43.3 Å². The van der Waals surface area contributed by atoms with Crippen LogP contribution in [0.4, 0.5) is 0 Å². The van der Waals surface area contributed by atoms with Gasteiger partial charge in [0.1, 0.15) is 5.75 Å². The molecule has 0 aliphatic rings. The molecule has 21 heavy (non-hydrogen) atoms. The van der Waals surface area contributed by atoms with Crippen LogP contribution in [-0.2, 0) is 5.75 Å². The predicted octanol–water partition coefficient (Wildman–Crippen LogP) is 5.19. The number of halogens is 1. The number of rotatable bonds is 3. The maximum Gasteiger partial charge on any atom is 0.115 e. The van der Waals surface area contributed by atoms with E-state index < -0.39 is 0 Å². The highest BCUT2D eigenvalue weighted by Crippen LogP contribution is 2.31. The molecule has 106 valence electrons. The van der Waals surface area contributed by atoms with Crippen molar-refractivity contribution in [1.29, 1.82) is 0 Å². The first-order valence-corrected chi connectivity index (χ1v) is 7.97. The number of benzene rings is 2. The second-order valence-electron chi connectivity index (χ2n) is 4.80. The van der Waals surface area contributed by atoms with Gasteiger partial charge < -0.3 is 5.11 Å². The van der Waals surface area contributed by atoms with Crippen LogP contribution in [0.25, 0.3) is 10.9 Å². The van der Waals surface area contributed by atoms with Crippen LogP contribution in [0, 0.1) is 6.92 Å². The van der Waals surface area contributed by atoms with Crippen LogP contribution in [0.3, 0.4) is 0 Å². The third kappa shape index (κ3) is 2.99. The molecular weight excluding hydrogens is 302 g/mol. The highest BCUT2D eigenvalue weighted by Gasteiger charge is 2.10.